The van der Waals surface area contributed by atoms with Gasteiger partial charge in [0.15, 0.2) is 0 Å². The van der Waals surface area contributed by atoms with Crippen LogP contribution in [0.25, 0.3) is 0 Å². The van der Waals surface area contributed by atoms with Crippen LogP contribution in [0.1, 0.15) is 38.5 Å². The van der Waals surface area contributed by atoms with Gasteiger partial charge in [-0.1, -0.05) is 12.8 Å². The number of esters is 1. The van der Waals surface area contributed by atoms with Crippen LogP contribution in [-0.2, 0) is 19.1 Å². The fourth-order valence-electron chi connectivity index (χ4n) is 2.58. The minimum absolute atomic E-state index is 0.0573. The number of methoxy groups -OCH3 is 1. The molecule has 0 radical (unpaired) electrons. The molecule has 7 heteroatoms. The monoisotopic (exact) mass is 281 g/mol. The average molecular weight is 281 g/mol. The van der Waals surface area contributed by atoms with Crippen molar-refractivity contribution in [2.24, 2.45) is 5.10 Å². The number of nitrogens with one attached hydrogen (secondary N) is 1. The van der Waals surface area contributed by atoms with E-state index >= 15 is 0 Å². The summed E-state index contributed by atoms with van der Waals surface area (Å²) >= 11 is 0. The van der Waals surface area contributed by atoms with E-state index in [9.17, 15) is 14.4 Å². The van der Waals surface area contributed by atoms with Crippen molar-refractivity contribution < 1.29 is 19.1 Å². The summed E-state index contributed by atoms with van der Waals surface area (Å²) in [5.74, 6) is -0.907. The lowest BCUT2D eigenvalue weighted by atomic mass is 10.1. The van der Waals surface area contributed by atoms with E-state index in [-0.39, 0.29) is 30.8 Å². The normalized spacial score (nSPS) is 19.2. The standard InChI is InChI=1S/C13H19N3O4/c1-20-12(18)8-16(9-4-2-3-5-9)13(19)10-6-7-11(17)15-14-10/h9H,2-8H2,1H3,(H,15,17). The average Bonchev–Trinajstić information content (AvgIpc) is 2.98. The maximum absolute atomic E-state index is 12.5. The van der Waals surface area contributed by atoms with E-state index in [1.54, 1.807) is 0 Å². The molecular weight excluding hydrogens is 262 g/mol. The molecule has 110 valence electrons. The second kappa shape index (κ2) is 6.49. The summed E-state index contributed by atoms with van der Waals surface area (Å²) in [6.07, 6.45) is 4.46. The molecule has 7 nitrogen and oxygen atoms in total. The number of carbonyl (C=O) groups is 3. The van der Waals surface area contributed by atoms with Crippen LogP contribution in [0.2, 0.25) is 0 Å². The number of amides is 2. The van der Waals surface area contributed by atoms with Gasteiger partial charge in [0.1, 0.15) is 12.3 Å². The number of carbonyl (C=O) groups excluding carboxylic acids is 3. The van der Waals surface area contributed by atoms with E-state index in [1.807, 2.05) is 0 Å². The summed E-state index contributed by atoms with van der Waals surface area (Å²) in [6.45, 7) is -0.0625. The Hall–Kier alpha value is -1.92. The first-order valence-corrected chi connectivity index (χ1v) is 6.85. The Morgan fingerprint density at radius 2 is 2.05 bits per heavy atom. The van der Waals surface area contributed by atoms with Crippen LogP contribution in [0.15, 0.2) is 5.10 Å². The van der Waals surface area contributed by atoms with Crippen molar-refractivity contribution in [3.63, 3.8) is 0 Å². The van der Waals surface area contributed by atoms with Gasteiger partial charge in [0.05, 0.1) is 7.11 Å². The first kappa shape index (κ1) is 14.5. The van der Waals surface area contributed by atoms with Crippen LogP contribution in [0.3, 0.4) is 0 Å². The minimum atomic E-state index is -0.439. The van der Waals surface area contributed by atoms with Crippen molar-refractivity contribution in [3.05, 3.63) is 0 Å². The molecule has 20 heavy (non-hydrogen) atoms. The maximum atomic E-state index is 12.5. The van der Waals surface area contributed by atoms with Crippen LogP contribution >= 0.6 is 0 Å². The zero-order valence-corrected chi connectivity index (χ0v) is 11.6. The lowest BCUT2D eigenvalue weighted by molar-refractivity contribution is -0.146. The summed E-state index contributed by atoms with van der Waals surface area (Å²) in [5.41, 5.74) is 2.62. The van der Waals surface area contributed by atoms with Gasteiger partial charge in [0.2, 0.25) is 5.91 Å². The number of hydrazone groups is 1. The Balaban J connectivity index is 2.10. The fraction of sp³-hybridized carbons (Fsp3) is 0.692. The summed E-state index contributed by atoms with van der Waals surface area (Å²) < 4.78 is 4.65. The molecule has 1 aliphatic carbocycles. The van der Waals surface area contributed by atoms with Gasteiger partial charge in [-0.2, -0.15) is 5.10 Å². The molecule has 0 atom stereocenters. The molecule has 2 aliphatic rings. The molecule has 0 aromatic heterocycles. The highest BCUT2D eigenvalue weighted by Gasteiger charge is 2.32. The van der Waals surface area contributed by atoms with E-state index < -0.39 is 5.97 Å². The predicted octanol–water partition coefficient (Wildman–Crippen LogP) is 0.197. The van der Waals surface area contributed by atoms with E-state index in [0.29, 0.717) is 12.1 Å². The molecule has 0 bridgehead atoms. The molecule has 0 aromatic carbocycles. The van der Waals surface area contributed by atoms with Crippen LogP contribution < -0.4 is 5.43 Å². The number of ether oxygens (including phenoxy) is 1. The molecule has 0 saturated heterocycles. The number of hydrogen-bond donors (Lipinski definition) is 1. The molecule has 1 heterocycles. The molecule has 0 unspecified atom stereocenters. The van der Waals surface area contributed by atoms with Gasteiger partial charge < -0.3 is 9.64 Å². The number of nitrogens with zero attached hydrogens (tertiary/aromatic N) is 2. The third-order valence-corrected chi connectivity index (χ3v) is 3.70. The molecule has 2 rings (SSSR count). The Morgan fingerprint density at radius 3 is 2.60 bits per heavy atom. The van der Waals surface area contributed by atoms with Crippen molar-refractivity contribution in [1.82, 2.24) is 10.3 Å². The van der Waals surface area contributed by atoms with Crippen molar-refractivity contribution in [2.75, 3.05) is 13.7 Å². The molecule has 0 aromatic rings. The summed E-state index contributed by atoms with van der Waals surface area (Å²) in [6, 6.07) is 0.0573. The van der Waals surface area contributed by atoms with Gasteiger partial charge in [-0.15, -0.1) is 0 Å². The Bertz CT molecular complexity index is 441. The lowest BCUT2D eigenvalue weighted by Gasteiger charge is -2.28. The highest BCUT2D eigenvalue weighted by molar-refractivity contribution is 6.39. The number of hydrogen-bond acceptors (Lipinski definition) is 5. The van der Waals surface area contributed by atoms with Gasteiger partial charge in [-0.05, 0) is 12.8 Å². The summed E-state index contributed by atoms with van der Waals surface area (Å²) in [4.78, 5) is 36.6. The van der Waals surface area contributed by atoms with Crippen molar-refractivity contribution in [1.29, 1.82) is 0 Å². The van der Waals surface area contributed by atoms with E-state index in [4.69, 9.17) is 0 Å². The zero-order valence-electron chi connectivity index (χ0n) is 11.6. The largest absolute Gasteiger partial charge is 0.468 e. The van der Waals surface area contributed by atoms with Gasteiger partial charge in [0.25, 0.3) is 5.91 Å². The second-order valence-electron chi connectivity index (χ2n) is 5.04. The summed E-state index contributed by atoms with van der Waals surface area (Å²) in [5, 5.41) is 3.81. The Morgan fingerprint density at radius 1 is 1.35 bits per heavy atom. The van der Waals surface area contributed by atoms with Crippen molar-refractivity contribution in [3.8, 4) is 0 Å². The third kappa shape index (κ3) is 3.34. The topological polar surface area (TPSA) is 88.1 Å². The summed E-state index contributed by atoms with van der Waals surface area (Å²) in [7, 11) is 1.30. The van der Waals surface area contributed by atoms with Crippen LogP contribution in [0, 0.1) is 0 Å². The minimum Gasteiger partial charge on any atom is -0.468 e. The van der Waals surface area contributed by atoms with E-state index in [0.717, 1.165) is 25.7 Å². The zero-order chi connectivity index (χ0) is 14.5. The molecular formula is C13H19N3O4. The predicted molar refractivity (Wildman–Crippen MR) is 70.8 cm³/mol. The molecule has 1 fully saturated rings. The Labute approximate surface area is 117 Å². The first-order chi connectivity index (χ1) is 9.61. The SMILES string of the molecule is COC(=O)CN(C(=O)C1=NNC(=O)CC1)C1CCCC1. The quantitative estimate of drug-likeness (QED) is 0.745. The maximum Gasteiger partial charge on any atom is 0.325 e. The molecule has 0 spiro atoms. The second-order valence-corrected chi connectivity index (χ2v) is 5.04. The molecule has 1 N–H and O–H groups in total. The fourth-order valence-corrected chi connectivity index (χ4v) is 2.58. The van der Waals surface area contributed by atoms with Crippen LogP contribution in [-0.4, -0.2) is 48.1 Å². The number of rotatable bonds is 4. The van der Waals surface area contributed by atoms with Gasteiger partial charge >= 0.3 is 5.97 Å². The van der Waals surface area contributed by atoms with Crippen molar-refractivity contribution in [2.45, 2.75) is 44.6 Å². The third-order valence-electron chi connectivity index (χ3n) is 3.70. The molecule has 1 saturated carbocycles. The Kier molecular flexibility index (Phi) is 4.70. The van der Waals surface area contributed by atoms with Gasteiger partial charge in [0, 0.05) is 18.9 Å². The molecule has 1 aliphatic heterocycles. The van der Waals surface area contributed by atoms with E-state index in [1.165, 1.54) is 12.0 Å². The molecule has 2 amide bonds. The van der Waals surface area contributed by atoms with Crippen LogP contribution in [0.5, 0.6) is 0 Å². The smallest absolute Gasteiger partial charge is 0.325 e. The van der Waals surface area contributed by atoms with Gasteiger partial charge in [-0.25, -0.2) is 5.43 Å². The van der Waals surface area contributed by atoms with Crippen molar-refractivity contribution >= 4 is 23.5 Å². The first-order valence-electron chi connectivity index (χ1n) is 6.85. The van der Waals surface area contributed by atoms with E-state index in [2.05, 4.69) is 15.3 Å². The van der Waals surface area contributed by atoms with Gasteiger partial charge in [-0.3, -0.25) is 14.4 Å². The lowest BCUT2D eigenvalue weighted by Crippen LogP contribution is -2.47. The van der Waals surface area contributed by atoms with Crippen LogP contribution in [0.4, 0.5) is 0 Å². The highest BCUT2D eigenvalue weighted by Crippen LogP contribution is 2.24. The highest BCUT2D eigenvalue weighted by atomic mass is 16.5.